The maximum absolute atomic E-state index is 10.3. The van der Waals surface area contributed by atoms with Crippen molar-refractivity contribution in [2.75, 3.05) is 13.1 Å². The minimum absolute atomic E-state index is 0.739. The molecule has 1 atom stereocenters. The lowest BCUT2D eigenvalue weighted by Crippen LogP contribution is -2.28. The van der Waals surface area contributed by atoms with Gasteiger partial charge in [-0.25, -0.2) is 0 Å². The van der Waals surface area contributed by atoms with Gasteiger partial charge in [0.25, 0.3) is 0 Å². The molecule has 0 amide bonds. The third-order valence-corrected chi connectivity index (χ3v) is 6.19. The molecule has 4 rings (SSSR count). The van der Waals surface area contributed by atoms with Crippen molar-refractivity contribution in [3.63, 3.8) is 0 Å². The maximum atomic E-state index is 10.3. The fourth-order valence-electron chi connectivity index (χ4n) is 4.31. The van der Waals surface area contributed by atoms with E-state index in [1.54, 1.807) is 0 Å². The van der Waals surface area contributed by atoms with E-state index in [4.69, 9.17) is 0 Å². The Morgan fingerprint density at radius 2 is 1.71 bits per heavy atom. The van der Waals surface area contributed by atoms with Crippen molar-refractivity contribution in [1.82, 2.24) is 4.90 Å². The van der Waals surface area contributed by atoms with Crippen LogP contribution in [0.5, 0.6) is 0 Å². The van der Waals surface area contributed by atoms with Crippen molar-refractivity contribution in [1.29, 1.82) is 0 Å². The van der Waals surface area contributed by atoms with E-state index < -0.39 is 5.60 Å². The predicted molar refractivity (Wildman–Crippen MR) is 119 cm³/mol. The number of nitrogens with zero attached hydrogens (tertiary/aromatic N) is 1. The molecule has 0 unspecified atom stereocenters. The molecular formula is C26H31NO. The Balaban J connectivity index is 1.55. The summed E-state index contributed by atoms with van der Waals surface area (Å²) in [6.07, 6.45) is 3.81. The van der Waals surface area contributed by atoms with Crippen molar-refractivity contribution in [2.24, 2.45) is 0 Å². The standard InChI is InChI=1S/C26H31NO/c1-19-6-5-14-27(19)15-13-20-9-10-23-17-24(12-11-22(23)16-20)21-7-4-8-25(18-21)26(2,3)28/h4,7-12,16-19,28H,5-6,13-15H2,1-3H3/t19-/m0/s1. The first-order chi connectivity index (χ1) is 13.4. The van der Waals surface area contributed by atoms with Crippen LogP contribution in [-0.4, -0.2) is 29.1 Å². The van der Waals surface area contributed by atoms with Gasteiger partial charge < -0.3 is 10.0 Å². The largest absolute Gasteiger partial charge is 0.386 e. The molecule has 0 saturated carbocycles. The lowest BCUT2D eigenvalue weighted by atomic mass is 9.93. The molecule has 1 saturated heterocycles. The molecule has 1 aliphatic heterocycles. The Bertz CT molecular complexity index is 970. The zero-order chi connectivity index (χ0) is 19.7. The number of likely N-dealkylation sites (tertiary alicyclic amines) is 1. The molecule has 0 bridgehead atoms. The average molecular weight is 374 g/mol. The summed E-state index contributed by atoms with van der Waals surface area (Å²) in [5.74, 6) is 0. The molecule has 1 N–H and O–H groups in total. The Morgan fingerprint density at radius 3 is 2.46 bits per heavy atom. The molecule has 3 aromatic carbocycles. The molecule has 0 spiro atoms. The number of hydrogen-bond donors (Lipinski definition) is 1. The Kier molecular flexibility index (Phi) is 5.27. The molecule has 146 valence electrons. The fraction of sp³-hybridized carbons (Fsp3) is 0.385. The van der Waals surface area contributed by atoms with Crippen LogP contribution in [0.3, 0.4) is 0 Å². The van der Waals surface area contributed by atoms with E-state index in [9.17, 15) is 5.11 Å². The smallest absolute Gasteiger partial charge is 0.0840 e. The van der Waals surface area contributed by atoms with Gasteiger partial charge in [-0.1, -0.05) is 48.5 Å². The molecule has 1 aliphatic rings. The van der Waals surface area contributed by atoms with Gasteiger partial charge in [0.2, 0.25) is 0 Å². The second kappa shape index (κ2) is 7.69. The van der Waals surface area contributed by atoms with Gasteiger partial charge >= 0.3 is 0 Å². The number of fused-ring (bicyclic) bond motifs is 1. The zero-order valence-electron chi connectivity index (χ0n) is 17.3. The van der Waals surface area contributed by atoms with Crippen molar-refractivity contribution in [3.05, 3.63) is 71.8 Å². The SMILES string of the molecule is C[C@H]1CCCN1CCc1ccc2cc(-c3cccc(C(C)(C)O)c3)ccc2c1. The van der Waals surface area contributed by atoms with Crippen molar-refractivity contribution in [2.45, 2.75) is 51.7 Å². The van der Waals surface area contributed by atoms with Crippen LogP contribution in [0.15, 0.2) is 60.7 Å². The predicted octanol–water partition coefficient (Wildman–Crippen LogP) is 5.76. The first-order valence-corrected chi connectivity index (χ1v) is 10.5. The maximum Gasteiger partial charge on any atom is 0.0840 e. The van der Waals surface area contributed by atoms with Gasteiger partial charge in [-0.05, 0) is 91.7 Å². The second-order valence-corrected chi connectivity index (χ2v) is 8.81. The molecule has 28 heavy (non-hydrogen) atoms. The van der Waals surface area contributed by atoms with Crippen LogP contribution >= 0.6 is 0 Å². The Labute approximate surface area is 168 Å². The highest BCUT2D eigenvalue weighted by molar-refractivity contribution is 5.88. The average Bonchev–Trinajstić information content (AvgIpc) is 3.10. The van der Waals surface area contributed by atoms with Crippen LogP contribution in [0.4, 0.5) is 0 Å². The first-order valence-electron chi connectivity index (χ1n) is 10.5. The lowest BCUT2D eigenvalue weighted by molar-refractivity contribution is 0.0786. The van der Waals surface area contributed by atoms with E-state index in [0.717, 1.165) is 30.1 Å². The first kappa shape index (κ1) is 19.2. The van der Waals surface area contributed by atoms with Crippen molar-refractivity contribution < 1.29 is 5.11 Å². The van der Waals surface area contributed by atoms with Gasteiger partial charge in [0.05, 0.1) is 5.60 Å². The number of benzene rings is 3. The third kappa shape index (κ3) is 4.14. The molecular weight excluding hydrogens is 342 g/mol. The summed E-state index contributed by atoms with van der Waals surface area (Å²) in [6.45, 7) is 8.42. The molecule has 0 aromatic heterocycles. The van der Waals surface area contributed by atoms with E-state index in [2.05, 4.69) is 60.4 Å². The second-order valence-electron chi connectivity index (χ2n) is 8.81. The minimum atomic E-state index is -0.825. The van der Waals surface area contributed by atoms with Gasteiger partial charge in [0, 0.05) is 12.6 Å². The van der Waals surface area contributed by atoms with E-state index in [0.29, 0.717) is 0 Å². The fourth-order valence-corrected chi connectivity index (χ4v) is 4.31. The van der Waals surface area contributed by atoms with Crippen LogP contribution in [0.1, 0.15) is 44.7 Å². The summed E-state index contributed by atoms with van der Waals surface area (Å²) < 4.78 is 0. The topological polar surface area (TPSA) is 23.5 Å². The zero-order valence-corrected chi connectivity index (χ0v) is 17.3. The summed E-state index contributed by atoms with van der Waals surface area (Å²) >= 11 is 0. The van der Waals surface area contributed by atoms with Gasteiger partial charge in [-0.3, -0.25) is 0 Å². The van der Waals surface area contributed by atoms with Crippen molar-refractivity contribution >= 4 is 10.8 Å². The molecule has 3 aromatic rings. The monoisotopic (exact) mass is 373 g/mol. The van der Waals surface area contributed by atoms with Crippen molar-refractivity contribution in [3.8, 4) is 11.1 Å². The number of aliphatic hydroxyl groups is 1. The van der Waals surface area contributed by atoms with Gasteiger partial charge in [0.1, 0.15) is 0 Å². The van der Waals surface area contributed by atoms with Crippen LogP contribution in [0.25, 0.3) is 21.9 Å². The highest BCUT2D eigenvalue weighted by Crippen LogP contribution is 2.29. The Morgan fingerprint density at radius 1 is 0.964 bits per heavy atom. The minimum Gasteiger partial charge on any atom is -0.386 e. The number of rotatable bonds is 5. The molecule has 2 nitrogen and oxygen atoms in total. The van der Waals surface area contributed by atoms with E-state index in [1.807, 2.05) is 26.0 Å². The summed E-state index contributed by atoms with van der Waals surface area (Å²) in [4.78, 5) is 2.61. The van der Waals surface area contributed by atoms with Crippen LogP contribution in [-0.2, 0) is 12.0 Å². The highest BCUT2D eigenvalue weighted by atomic mass is 16.3. The molecule has 0 radical (unpaired) electrons. The van der Waals surface area contributed by atoms with Gasteiger partial charge in [-0.15, -0.1) is 0 Å². The van der Waals surface area contributed by atoms with Crippen LogP contribution in [0.2, 0.25) is 0 Å². The highest BCUT2D eigenvalue weighted by Gasteiger charge is 2.19. The van der Waals surface area contributed by atoms with Crippen LogP contribution in [0, 0.1) is 0 Å². The van der Waals surface area contributed by atoms with Crippen LogP contribution < -0.4 is 0 Å². The lowest BCUT2D eigenvalue weighted by Gasteiger charge is -2.20. The summed E-state index contributed by atoms with van der Waals surface area (Å²) in [5, 5.41) is 12.9. The molecule has 0 aliphatic carbocycles. The van der Waals surface area contributed by atoms with E-state index >= 15 is 0 Å². The van der Waals surface area contributed by atoms with Gasteiger partial charge in [0.15, 0.2) is 0 Å². The number of hydrogen-bond acceptors (Lipinski definition) is 2. The summed E-state index contributed by atoms with van der Waals surface area (Å²) in [5.41, 5.74) is 3.88. The molecule has 2 heteroatoms. The molecule has 1 heterocycles. The summed E-state index contributed by atoms with van der Waals surface area (Å²) in [6, 6.07) is 22.5. The quantitative estimate of drug-likeness (QED) is 0.614. The third-order valence-electron chi connectivity index (χ3n) is 6.19. The molecule has 1 fully saturated rings. The summed E-state index contributed by atoms with van der Waals surface area (Å²) in [7, 11) is 0. The Hall–Kier alpha value is -2.16. The van der Waals surface area contributed by atoms with E-state index in [1.165, 1.54) is 41.3 Å². The van der Waals surface area contributed by atoms with E-state index in [-0.39, 0.29) is 0 Å². The normalized spacial score (nSPS) is 18.1. The van der Waals surface area contributed by atoms with Gasteiger partial charge in [-0.2, -0.15) is 0 Å².